The van der Waals surface area contributed by atoms with Crippen molar-refractivity contribution in [3.63, 3.8) is 0 Å². The standard InChI is InChI=1S/C38H38F3N3O5/c1-4-42-35(47)37(36(48)43-5-2,28-13-7-6-8-14-28)22-23-49-33(45)24-27-12-11-17-32(25(27)3)44-34(46)31-16-10-9-15-30(31)26-18-20-29(21-19-26)38(39,40)41/h6-21H,4-5,22-24H2,1-3H3,(H,42,47)(H,43,48)(H,44,46). The fraction of sp³-hybridized carbons (Fsp3) is 0.263. The number of carbonyl (C=O) groups is 4. The zero-order valence-corrected chi connectivity index (χ0v) is 27.4. The Morgan fingerprint density at radius 3 is 1.94 bits per heavy atom. The predicted molar refractivity (Wildman–Crippen MR) is 181 cm³/mol. The van der Waals surface area contributed by atoms with Crippen molar-refractivity contribution in [2.24, 2.45) is 0 Å². The molecular formula is C38H38F3N3O5. The minimum Gasteiger partial charge on any atom is -0.465 e. The van der Waals surface area contributed by atoms with Crippen LogP contribution in [0, 0.1) is 6.92 Å². The fourth-order valence-electron chi connectivity index (χ4n) is 5.58. The number of amides is 3. The molecule has 0 radical (unpaired) electrons. The number of nitrogens with one attached hydrogen (secondary N) is 3. The monoisotopic (exact) mass is 673 g/mol. The smallest absolute Gasteiger partial charge is 0.416 e. The molecule has 0 heterocycles. The second-order valence-electron chi connectivity index (χ2n) is 11.3. The fourth-order valence-corrected chi connectivity index (χ4v) is 5.58. The van der Waals surface area contributed by atoms with Gasteiger partial charge in [-0.15, -0.1) is 0 Å². The minimum absolute atomic E-state index is 0.0894. The molecule has 0 saturated carbocycles. The summed E-state index contributed by atoms with van der Waals surface area (Å²) in [7, 11) is 0. The van der Waals surface area contributed by atoms with E-state index in [1.807, 2.05) is 0 Å². The van der Waals surface area contributed by atoms with E-state index in [0.717, 1.165) is 12.1 Å². The molecule has 0 saturated heterocycles. The van der Waals surface area contributed by atoms with Crippen molar-refractivity contribution in [2.45, 2.75) is 45.2 Å². The molecule has 11 heteroatoms. The van der Waals surface area contributed by atoms with Crippen molar-refractivity contribution < 1.29 is 37.1 Å². The third kappa shape index (κ3) is 8.53. The molecule has 4 rings (SSSR count). The first-order valence-electron chi connectivity index (χ1n) is 15.9. The zero-order chi connectivity index (χ0) is 35.6. The topological polar surface area (TPSA) is 114 Å². The maximum absolute atomic E-state index is 13.4. The number of anilines is 1. The van der Waals surface area contributed by atoms with Gasteiger partial charge in [0.15, 0.2) is 5.41 Å². The molecular weight excluding hydrogens is 635 g/mol. The average molecular weight is 674 g/mol. The Balaban J connectivity index is 1.48. The molecule has 8 nitrogen and oxygen atoms in total. The van der Waals surface area contributed by atoms with Crippen LogP contribution in [0.3, 0.4) is 0 Å². The zero-order valence-electron chi connectivity index (χ0n) is 27.4. The first-order chi connectivity index (χ1) is 23.4. The van der Waals surface area contributed by atoms with Crippen LogP contribution in [0.2, 0.25) is 0 Å². The number of halogens is 3. The number of ether oxygens (including phenoxy) is 1. The highest BCUT2D eigenvalue weighted by Gasteiger charge is 2.47. The van der Waals surface area contributed by atoms with Crippen LogP contribution in [0.15, 0.2) is 97.1 Å². The molecule has 0 unspecified atom stereocenters. The van der Waals surface area contributed by atoms with Crippen molar-refractivity contribution >= 4 is 29.4 Å². The summed E-state index contributed by atoms with van der Waals surface area (Å²) < 4.78 is 44.8. The van der Waals surface area contributed by atoms with Crippen LogP contribution < -0.4 is 16.0 Å². The lowest BCUT2D eigenvalue weighted by molar-refractivity contribution is -0.147. The van der Waals surface area contributed by atoms with E-state index in [9.17, 15) is 32.3 Å². The van der Waals surface area contributed by atoms with Gasteiger partial charge < -0.3 is 20.7 Å². The van der Waals surface area contributed by atoms with Crippen LogP contribution in [-0.2, 0) is 37.1 Å². The van der Waals surface area contributed by atoms with Gasteiger partial charge in [0.1, 0.15) is 0 Å². The number of carbonyl (C=O) groups excluding carboxylic acids is 4. The van der Waals surface area contributed by atoms with Gasteiger partial charge in [0.05, 0.1) is 18.6 Å². The van der Waals surface area contributed by atoms with E-state index in [2.05, 4.69) is 16.0 Å². The van der Waals surface area contributed by atoms with Gasteiger partial charge in [-0.05, 0) is 72.9 Å². The molecule has 49 heavy (non-hydrogen) atoms. The van der Waals surface area contributed by atoms with Crippen molar-refractivity contribution in [3.8, 4) is 11.1 Å². The Labute approximate surface area is 283 Å². The summed E-state index contributed by atoms with van der Waals surface area (Å²) in [4.78, 5) is 53.2. The quantitative estimate of drug-likeness (QED) is 0.109. The van der Waals surface area contributed by atoms with Crippen molar-refractivity contribution in [2.75, 3.05) is 25.0 Å². The van der Waals surface area contributed by atoms with E-state index in [4.69, 9.17) is 4.74 Å². The molecule has 3 amide bonds. The second-order valence-corrected chi connectivity index (χ2v) is 11.3. The molecule has 0 aliphatic heterocycles. The van der Waals surface area contributed by atoms with Gasteiger partial charge in [-0.25, -0.2) is 0 Å². The Morgan fingerprint density at radius 1 is 0.714 bits per heavy atom. The van der Waals surface area contributed by atoms with Gasteiger partial charge in [0, 0.05) is 30.8 Å². The summed E-state index contributed by atoms with van der Waals surface area (Å²) in [6, 6.07) is 24.9. The van der Waals surface area contributed by atoms with Crippen LogP contribution in [-0.4, -0.2) is 43.4 Å². The summed E-state index contributed by atoms with van der Waals surface area (Å²) in [5.74, 6) is -2.07. The Kier molecular flexibility index (Phi) is 12.0. The highest BCUT2D eigenvalue weighted by Crippen LogP contribution is 2.33. The van der Waals surface area contributed by atoms with Crippen molar-refractivity contribution in [3.05, 3.63) is 125 Å². The van der Waals surface area contributed by atoms with Crippen LogP contribution in [0.5, 0.6) is 0 Å². The number of esters is 1. The summed E-state index contributed by atoms with van der Waals surface area (Å²) in [6.07, 6.45) is -4.71. The van der Waals surface area contributed by atoms with Crippen molar-refractivity contribution in [1.29, 1.82) is 0 Å². The van der Waals surface area contributed by atoms with Crippen LogP contribution in [0.1, 0.15) is 52.9 Å². The molecule has 0 aliphatic rings. The number of likely N-dealkylation sites (N-methyl/N-ethyl adjacent to an activating group) is 2. The summed E-state index contributed by atoms with van der Waals surface area (Å²) in [5.41, 5.74) is 0.861. The lowest BCUT2D eigenvalue weighted by atomic mass is 9.75. The number of hydrogen-bond donors (Lipinski definition) is 3. The number of hydrogen-bond acceptors (Lipinski definition) is 5. The molecule has 4 aromatic carbocycles. The lowest BCUT2D eigenvalue weighted by Gasteiger charge is -2.31. The number of benzene rings is 4. The molecule has 0 fully saturated rings. The second kappa shape index (κ2) is 16.1. The number of rotatable bonds is 13. The van der Waals surface area contributed by atoms with Gasteiger partial charge in [-0.2, -0.15) is 13.2 Å². The van der Waals surface area contributed by atoms with Gasteiger partial charge in [-0.1, -0.05) is 72.8 Å². The van der Waals surface area contributed by atoms with Gasteiger partial charge in [0.2, 0.25) is 11.8 Å². The Morgan fingerprint density at radius 2 is 1.33 bits per heavy atom. The molecule has 4 aromatic rings. The normalized spacial score (nSPS) is 11.4. The maximum Gasteiger partial charge on any atom is 0.416 e. The summed E-state index contributed by atoms with van der Waals surface area (Å²) >= 11 is 0. The largest absolute Gasteiger partial charge is 0.465 e. The average Bonchev–Trinajstić information content (AvgIpc) is 3.08. The van der Waals surface area contributed by atoms with Gasteiger partial charge in [0.25, 0.3) is 5.91 Å². The Bertz CT molecular complexity index is 1770. The molecule has 0 aliphatic carbocycles. The molecule has 0 bridgehead atoms. The SMILES string of the molecule is CCNC(=O)C(CCOC(=O)Cc1cccc(NC(=O)c2ccccc2-c2ccc(C(F)(F)F)cc2)c1C)(C(=O)NCC)c1ccccc1. The van der Waals surface area contributed by atoms with E-state index in [1.165, 1.54) is 12.1 Å². The van der Waals surface area contributed by atoms with Gasteiger partial charge in [-0.3, -0.25) is 19.2 Å². The molecule has 3 N–H and O–H groups in total. The van der Waals surface area contributed by atoms with Crippen LogP contribution >= 0.6 is 0 Å². The third-order valence-electron chi connectivity index (χ3n) is 8.18. The molecule has 0 spiro atoms. The molecule has 256 valence electrons. The number of alkyl halides is 3. The van der Waals surface area contributed by atoms with E-state index < -0.39 is 40.8 Å². The van der Waals surface area contributed by atoms with Gasteiger partial charge >= 0.3 is 12.1 Å². The highest BCUT2D eigenvalue weighted by atomic mass is 19.4. The van der Waals surface area contributed by atoms with Crippen LogP contribution in [0.4, 0.5) is 18.9 Å². The Hall–Kier alpha value is -5.45. The van der Waals surface area contributed by atoms with E-state index >= 15 is 0 Å². The first-order valence-corrected chi connectivity index (χ1v) is 15.9. The predicted octanol–water partition coefficient (Wildman–Crippen LogP) is 6.62. The van der Waals surface area contributed by atoms with E-state index in [0.29, 0.717) is 46.6 Å². The van der Waals surface area contributed by atoms with E-state index in [-0.39, 0.29) is 25.0 Å². The third-order valence-corrected chi connectivity index (χ3v) is 8.18. The molecule has 0 aromatic heterocycles. The first kappa shape index (κ1) is 36.4. The lowest BCUT2D eigenvalue weighted by Crippen LogP contribution is -2.55. The van der Waals surface area contributed by atoms with E-state index in [1.54, 1.807) is 93.6 Å². The molecule has 0 atom stereocenters. The highest BCUT2D eigenvalue weighted by molar-refractivity contribution is 6.11. The van der Waals surface area contributed by atoms with Crippen molar-refractivity contribution in [1.82, 2.24) is 10.6 Å². The maximum atomic E-state index is 13.4. The minimum atomic E-state index is -4.48. The summed E-state index contributed by atoms with van der Waals surface area (Å²) in [5, 5.41) is 8.35. The van der Waals surface area contributed by atoms with Crippen LogP contribution in [0.25, 0.3) is 11.1 Å². The summed E-state index contributed by atoms with van der Waals surface area (Å²) in [6.45, 7) is 5.65.